The molecule has 0 unspecified atom stereocenters. The van der Waals surface area contributed by atoms with Crippen LogP contribution in [0.2, 0.25) is 0 Å². The molecule has 0 aliphatic rings. The zero-order chi connectivity index (χ0) is 9.97. The molecule has 0 saturated carbocycles. The molecule has 0 aliphatic heterocycles. The summed E-state index contributed by atoms with van der Waals surface area (Å²) < 4.78 is 0. The van der Waals surface area contributed by atoms with Gasteiger partial charge in [0.2, 0.25) is 0 Å². The molecule has 0 N–H and O–H groups in total. The first kappa shape index (κ1) is 11.3. The van der Waals surface area contributed by atoms with E-state index in [0.29, 0.717) is 0 Å². The minimum Gasteiger partial charge on any atom is -0.345 e. The third-order valence-corrected chi connectivity index (χ3v) is 1.33. The van der Waals surface area contributed by atoms with Crippen molar-refractivity contribution < 1.29 is 29.6 Å². The quantitative estimate of drug-likeness (QED) is 0.427. The van der Waals surface area contributed by atoms with Crippen LogP contribution in [-0.2, 0) is 0 Å². The molecular formula is C5N9Na. The second-order valence-corrected chi connectivity index (χ2v) is 2.09. The van der Waals surface area contributed by atoms with Gasteiger partial charge in [0, 0.05) is 0 Å². The van der Waals surface area contributed by atoms with Crippen molar-refractivity contribution in [3.8, 4) is 18.1 Å². The van der Waals surface area contributed by atoms with Crippen molar-refractivity contribution in [1.29, 1.82) is 10.5 Å². The summed E-state index contributed by atoms with van der Waals surface area (Å²) in [5.74, 6) is 0.00287. The fraction of sp³-hybridized carbons (Fsp3) is 0. The molecule has 0 fully saturated rings. The van der Waals surface area contributed by atoms with Gasteiger partial charge < -0.3 is 9.97 Å². The van der Waals surface area contributed by atoms with Crippen LogP contribution in [0, 0.1) is 22.7 Å². The summed E-state index contributed by atoms with van der Waals surface area (Å²) in [7, 11) is 0. The maximum Gasteiger partial charge on any atom is 1.00 e. The third-order valence-electron chi connectivity index (χ3n) is 1.33. The minimum absolute atomic E-state index is 0. The van der Waals surface area contributed by atoms with Crippen LogP contribution < -0.4 is 34.5 Å². The smallest absolute Gasteiger partial charge is 0.345 e. The van der Waals surface area contributed by atoms with Gasteiger partial charge in [-0.15, -0.1) is 0 Å². The fourth-order valence-corrected chi connectivity index (χ4v) is 0.786. The Labute approximate surface area is 105 Å². The maximum absolute atomic E-state index is 8.58. The van der Waals surface area contributed by atoms with Crippen molar-refractivity contribution in [2.24, 2.45) is 0 Å². The van der Waals surface area contributed by atoms with E-state index in [1.165, 1.54) is 0 Å². The normalized spacial score (nSPS) is 8.67. The summed E-state index contributed by atoms with van der Waals surface area (Å²) in [4.78, 5) is 8.33. The third kappa shape index (κ3) is 1.99. The van der Waals surface area contributed by atoms with E-state index in [4.69, 9.17) is 10.5 Å². The van der Waals surface area contributed by atoms with Crippen LogP contribution in [0.15, 0.2) is 0 Å². The van der Waals surface area contributed by atoms with Crippen LogP contribution >= 0.6 is 0 Å². The molecule has 0 spiro atoms. The van der Waals surface area contributed by atoms with E-state index in [1.54, 1.807) is 12.1 Å². The standard InChI is InChI=1S/C5N9.Na/c6-1-3-4(2-7)9-5(8-3)14-12-10-11-13-14;/q-1;+1. The SMILES string of the molecule is N#Cc1nc(-n2nnnn2)[n-]c1C#N.[Na+]. The number of rotatable bonds is 1. The molecule has 0 radical (unpaired) electrons. The van der Waals surface area contributed by atoms with Crippen LogP contribution in [0.1, 0.15) is 11.4 Å². The van der Waals surface area contributed by atoms with Crippen LogP contribution in [0.5, 0.6) is 0 Å². The molecule has 2 aromatic rings. The molecule has 0 amide bonds. The molecule has 9 nitrogen and oxygen atoms in total. The van der Waals surface area contributed by atoms with Gasteiger partial charge in [-0.25, -0.2) is 0 Å². The zero-order valence-electron chi connectivity index (χ0n) is 7.52. The molecule has 10 heteroatoms. The monoisotopic (exact) mass is 209 g/mol. The van der Waals surface area contributed by atoms with E-state index in [9.17, 15) is 0 Å². The Kier molecular flexibility index (Phi) is 3.46. The van der Waals surface area contributed by atoms with Gasteiger partial charge in [-0.1, -0.05) is 10.4 Å². The van der Waals surface area contributed by atoms with Crippen molar-refractivity contribution in [2.75, 3.05) is 0 Å². The second-order valence-electron chi connectivity index (χ2n) is 2.09. The Morgan fingerprint density at radius 3 is 2.27 bits per heavy atom. The molecule has 2 rings (SSSR count). The van der Waals surface area contributed by atoms with Gasteiger partial charge in [0.1, 0.15) is 12.1 Å². The van der Waals surface area contributed by atoms with Crippen LogP contribution in [0.3, 0.4) is 0 Å². The van der Waals surface area contributed by atoms with Gasteiger partial charge in [-0.05, 0) is 10.4 Å². The van der Waals surface area contributed by atoms with Crippen molar-refractivity contribution >= 4 is 0 Å². The van der Waals surface area contributed by atoms with Crippen LogP contribution in [-0.4, -0.2) is 30.6 Å². The van der Waals surface area contributed by atoms with Crippen molar-refractivity contribution in [3.05, 3.63) is 11.4 Å². The first-order valence-electron chi connectivity index (χ1n) is 3.32. The van der Waals surface area contributed by atoms with E-state index in [0.717, 1.165) is 4.80 Å². The number of nitriles is 2. The van der Waals surface area contributed by atoms with E-state index < -0.39 is 0 Å². The summed E-state index contributed by atoms with van der Waals surface area (Å²) in [6.45, 7) is 0. The number of imidazole rings is 1. The summed E-state index contributed by atoms with van der Waals surface area (Å²) in [6.07, 6.45) is 0. The molecule has 0 aromatic carbocycles. The predicted octanol–water partition coefficient (Wildman–Crippen LogP) is -4.84. The molecule has 0 saturated heterocycles. The molecule has 15 heavy (non-hydrogen) atoms. The first-order valence-corrected chi connectivity index (χ1v) is 3.32. The molecule has 0 atom stereocenters. The summed E-state index contributed by atoms with van der Waals surface area (Å²) in [5.41, 5.74) is -0.139. The van der Waals surface area contributed by atoms with E-state index >= 15 is 0 Å². The minimum atomic E-state index is -0.0696. The first-order chi connectivity index (χ1) is 6.85. The average molecular weight is 209 g/mol. The Morgan fingerprint density at radius 1 is 1.13 bits per heavy atom. The van der Waals surface area contributed by atoms with E-state index in [2.05, 4.69) is 30.8 Å². The number of nitrogens with zero attached hydrogens (tertiary/aromatic N) is 9. The average Bonchev–Trinajstić information content (AvgIpc) is 2.85. The Bertz CT molecular complexity index is 494. The molecular weight excluding hydrogens is 209 g/mol. The molecule has 0 aliphatic carbocycles. The van der Waals surface area contributed by atoms with Gasteiger partial charge in [-0.2, -0.15) is 15.3 Å². The fourth-order valence-electron chi connectivity index (χ4n) is 0.786. The van der Waals surface area contributed by atoms with E-state index in [1.807, 2.05) is 0 Å². The van der Waals surface area contributed by atoms with Crippen molar-refractivity contribution in [1.82, 2.24) is 35.6 Å². The van der Waals surface area contributed by atoms with Crippen molar-refractivity contribution in [3.63, 3.8) is 0 Å². The van der Waals surface area contributed by atoms with Gasteiger partial charge in [0.25, 0.3) is 0 Å². The molecule has 66 valence electrons. The maximum atomic E-state index is 8.58. The van der Waals surface area contributed by atoms with Gasteiger partial charge in [0.05, 0.1) is 17.3 Å². The number of aromatic nitrogens is 7. The van der Waals surface area contributed by atoms with Crippen LogP contribution in [0.4, 0.5) is 0 Å². The summed E-state index contributed by atoms with van der Waals surface area (Å²) in [6, 6.07) is 3.45. The zero-order valence-corrected chi connectivity index (χ0v) is 9.52. The van der Waals surface area contributed by atoms with Crippen molar-refractivity contribution in [2.45, 2.75) is 0 Å². The number of hydrogen-bond acceptors (Lipinski definition) is 7. The van der Waals surface area contributed by atoms with Gasteiger partial charge >= 0.3 is 29.6 Å². The van der Waals surface area contributed by atoms with E-state index in [-0.39, 0.29) is 46.9 Å². The predicted molar refractivity (Wildman–Crippen MR) is 37.5 cm³/mol. The Morgan fingerprint density at radius 2 is 1.80 bits per heavy atom. The van der Waals surface area contributed by atoms with Gasteiger partial charge in [0.15, 0.2) is 0 Å². The Hall–Kier alpha value is -1.81. The molecule has 0 bridgehead atoms. The second kappa shape index (κ2) is 4.61. The summed E-state index contributed by atoms with van der Waals surface area (Å²) >= 11 is 0. The topological polar surface area (TPSA) is 131 Å². The van der Waals surface area contributed by atoms with Crippen LogP contribution in [0.25, 0.3) is 5.95 Å². The molecule has 2 heterocycles. The Balaban J connectivity index is 0.00000112. The summed E-state index contributed by atoms with van der Waals surface area (Å²) in [5, 5.41) is 30.4. The largest absolute Gasteiger partial charge is 1.00 e. The number of hydrogen-bond donors (Lipinski definition) is 0. The van der Waals surface area contributed by atoms with Gasteiger partial charge in [-0.3, -0.25) is 0 Å². The molecule has 2 aromatic heterocycles.